The lowest BCUT2D eigenvalue weighted by Crippen LogP contribution is -2.28. The van der Waals surface area contributed by atoms with Gasteiger partial charge in [-0.3, -0.25) is 14.6 Å². The van der Waals surface area contributed by atoms with Crippen LogP contribution in [0.3, 0.4) is 0 Å². The van der Waals surface area contributed by atoms with Crippen LogP contribution in [0.25, 0.3) is 0 Å². The topological polar surface area (TPSA) is 84.8 Å². The van der Waals surface area contributed by atoms with E-state index in [1.165, 1.54) is 23.6 Å². The van der Waals surface area contributed by atoms with Crippen LogP contribution in [-0.4, -0.2) is 34.2 Å². The Hall–Kier alpha value is -2.31. The van der Waals surface area contributed by atoms with Crippen molar-refractivity contribution in [2.75, 3.05) is 11.6 Å². The average molecular weight is 276 g/mol. The van der Waals surface area contributed by atoms with Gasteiger partial charge in [0.1, 0.15) is 0 Å². The number of hydrogen-bond acceptors (Lipinski definition) is 6. The summed E-state index contributed by atoms with van der Waals surface area (Å²) in [5, 5.41) is 5.43. The quantitative estimate of drug-likeness (QED) is 0.753. The molecule has 0 spiro atoms. The molecule has 7 heteroatoms. The SMILES string of the molecule is CCOC(=O)CCC1C(=O)N(c2cnccn2)N=C1C. The maximum atomic E-state index is 12.3. The van der Waals surface area contributed by atoms with Crippen molar-refractivity contribution < 1.29 is 14.3 Å². The summed E-state index contributed by atoms with van der Waals surface area (Å²) in [5.74, 6) is -0.504. The summed E-state index contributed by atoms with van der Waals surface area (Å²) in [7, 11) is 0. The van der Waals surface area contributed by atoms with Gasteiger partial charge in [-0.15, -0.1) is 0 Å². The van der Waals surface area contributed by atoms with E-state index in [4.69, 9.17) is 4.74 Å². The molecule has 1 unspecified atom stereocenters. The zero-order valence-electron chi connectivity index (χ0n) is 11.4. The molecule has 0 aliphatic carbocycles. The second-order valence-electron chi connectivity index (χ2n) is 4.35. The van der Waals surface area contributed by atoms with Crippen LogP contribution in [0.1, 0.15) is 26.7 Å². The minimum atomic E-state index is -0.401. The number of rotatable bonds is 5. The highest BCUT2D eigenvalue weighted by Crippen LogP contribution is 2.24. The van der Waals surface area contributed by atoms with Crippen LogP contribution >= 0.6 is 0 Å². The zero-order chi connectivity index (χ0) is 14.5. The van der Waals surface area contributed by atoms with E-state index in [9.17, 15) is 9.59 Å². The van der Waals surface area contributed by atoms with Crippen molar-refractivity contribution in [2.24, 2.45) is 11.0 Å². The van der Waals surface area contributed by atoms with Crippen molar-refractivity contribution in [3.8, 4) is 0 Å². The Bertz CT molecular complexity index is 530. The molecule has 106 valence electrons. The van der Waals surface area contributed by atoms with Crippen LogP contribution in [0.2, 0.25) is 0 Å². The third kappa shape index (κ3) is 2.98. The Morgan fingerprint density at radius 1 is 1.45 bits per heavy atom. The van der Waals surface area contributed by atoms with E-state index >= 15 is 0 Å². The van der Waals surface area contributed by atoms with Gasteiger partial charge in [0.2, 0.25) is 0 Å². The molecule has 0 N–H and O–H groups in total. The standard InChI is InChI=1S/C13H16N4O3/c1-3-20-12(18)5-4-10-9(2)16-17(13(10)19)11-8-14-6-7-15-11/h6-8,10H,3-5H2,1-2H3. The average Bonchev–Trinajstić information content (AvgIpc) is 2.73. The van der Waals surface area contributed by atoms with E-state index in [1.54, 1.807) is 13.8 Å². The molecule has 0 bridgehead atoms. The lowest BCUT2D eigenvalue weighted by Gasteiger charge is -2.12. The molecule has 1 atom stereocenters. The predicted molar refractivity (Wildman–Crippen MR) is 72.0 cm³/mol. The van der Waals surface area contributed by atoms with Crippen LogP contribution in [0, 0.1) is 5.92 Å². The molecule has 2 rings (SSSR count). The minimum Gasteiger partial charge on any atom is -0.466 e. The molecule has 0 fully saturated rings. The van der Waals surface area contributed by atoms with E-state index in [-0.39, 0.29) is 18.3 Å². The van der Waals surface area contributed by atoms with Crippen molar-refractivity contribution >= 4 is 23.4 Å². The van der Waals surface area contributed by atoms with Gasteiger partial charge in [0.05, 0.1) is 18.7 Å². The number of amides is 1. The number of carbonyl (C=O) groups excluding carboxylic acids is 2. The Morgan fingerprint density at radius 3 is 2.90 bits per heavy atom. The van der Waals surface area contributed by atoms with Crippen molar-refractivity contribution in [2.45, 2.75) is 26.7 Å². The van der Waals surface area contributed by atoms with Gasteiger partial charge in [-0.25, -0.2) is 4.98 Å². The molecule has 1 aromatic rings. The molecule has 0 saturated heterocycles. The van der Waals surface area contributed by atoms with Crippen molar-refractivity contribution in [3.05, 3.63) is 18.6 Å². The highest BCUT2D eigenvalue weighted by atomic mass is 16.5. The first-order chi connectivity index (χ1) is 9.63. The van der Waals surface area contributed by atoms with Gasteiger partial charge in [0.15, 0.2) is 5.82 Å². The van der Waals surface area contributed by atoms with Gasteiger partial charge in [-0.05, 0) is 20.3 Å². The summed E-state index contributed by atoms with van der Waals surface area (Å²) < 4.78 is 4.86. The molecule has 0 saturated carbocycles. The summed E-state index contributed by atoms with van der Waals surface area (Å²) in [6.45, 7) is 3.86. The Balaban J connectivity index is 2.02. The second-order valence-corrected chi connectivity index (χ2v) is 4.35. The molecule has 7 nitrogen and oxygen atoms in total. The normalized spacial score (nSPS) is 18.1. The number of aromatic nitrogens is 2. The molecule has 1 aliphatic rings. The van der Waals surface area contributed by atoms with Crippen LogP contribution < -0.4 is 5.01 Å². The molecule has 2 heterocycles. The monoisotopic (exact) mass is 276 g/mol. The number of hydrogen-bond donors (Lipinski definition) is 0. The number of nitrogens with zero attached hydrogens (tertiary/aromatic N) is 4. The summed E-state index contributed by atoms with van der Waals surface area (Å²) in [5.41, 5.74) is 0.671. The van der Waals surface area contributed by atoms with Crippen LogP contribution in [-0.2, 0) is 14.3 Å². The molecular weight excluding hydrogens is 260 g/mol. The van der Waals surface area contributed by atoms with Crippen molar-refractivity contribution in [3.63, 3.8) is 0 Å². The lowest BCUT2D eigenvalue weighted by atomic mass is 9.98. The van der Waals surface area contributed by atoms with Gasteiger partial charge < -0.3 is 4.74 Å². The van der Waals surface area contributed by atoms with Crippen molar-refractivity contribution in [1.29, 1.82) is 0 Å². The van der Waals surface area contributed by atoms with Gasteiger partial charge in [0.25, 0.3) is 5.91 Å². The Labute approximate surface area is 116 Å². The lowest BCUT2D eigenvalue weighted by molar-refractivity contribution is -0.143. The number of ether oxygens (including phenoxy) is 1. The number of hydrazone groups is 1. The highest BCUT2D eigenvalue weighted by Gasteiger charge is 2.35. The molecule has 0 aromatic carbocycles. The molecule has 20 heavy (non-hydrogen) atoms. The summed E-state index contributed by atoms with van der Waals surface area (Å²) in [4.78, 5) is 31.6. The second kappa shape index (κ2) is 6.23. The molecule has 0 radical (unpaired) electrons. The van der Waals surface area contributed by atoms with Crippen LogP contribution in [0.4, 0.5) is 5.82 Å². The first kappa shape index (κ1) is 14.1. The first-order valence-corrected chi connectivity index (χ1v) is 6.44. The number of carbonyl (C=O) groups is 2. The van der Waals surface area contributed by atoms with Crippen LogP contribution in [0.5, 0.6) is 0 Å². The molecular formula is C13H16N4O3. The predicted octanol–water partition coefficient (Wildman–Crippen LogP) is 1.16. The molecule has 1 aromatic heterocycles. The van der Waals surface area contributed by atoms with E-state index < -0.39 is 5.92 Å². The van der Waals surface area contributed by atoms with E-state index in [0.717, 1.165) is 0 Å². The summed E-state index contributed by atoms with van der Waals surface area (Å²) in [6.07, 6.45) is 5.09. The fourth-order valence-electron chi connectivity index (χ4n) is 2.00. The highest BCUT2D eigenvalue weighted by molar-refractivity contribution is 6.14. The maximum absolute atomic E-state index is 12.3. The van der Waals surface area contributed by atoms with E-state index in [0.29, 0.717) is 24.6 Å². The first-order valence-electron chi connectivity index (χ1n) is 6.44. The third-order valence-electron chi connectivity index (χ3n) is 2.98. The largest absolute Gasteiger partial charge is 0.466 e. The van der Waals surface area contributed by atoms with Gasteiger partial charge >= 0.3 is 5.97 Å². The van der Waals surface area contributed by atoms with Crippen molar-refractivity contribution in [1.82, 2.24) is 9.97 Å². The third-order valence-corrected chi connectivity index (χ3v) is 2.98. The maximum Gasteiger partial charge on any atom is 0.305 e. The number of esters is 1. The minimum absolute atomic E-state index is 0.188. The summed E-state index contributed by atoms with van der Waals surface area (Å²) >= 11 is 0. The Kier molecular flexibility index (Phi) is 4.39. The van der Waals surface area contributed by atoms with Gasteiger partial charge in [-0.2, -0.15) is 10.1 Å². The Morgan fingerprint density at radius 2 is 2.25 bits per heavy atom. The van der Waals surface area contributed by atoms with E-state index in [1.807, 2.05) is 0 Å². The number of anilines is 1. The molecule has 1 aliphatic heterocycles. The zero-order valence-corrected chi connectivity index (χ0v) is 11.4. The fraction of sp³-hybridized carbons (Fsp3) is 0.462. The van der Waals surface area contributed by atoms with Gasteiger partial charge in [0, 0.05) is 24.5 Å². The fourth-order valence-corrected chi connectivity index (χ4v) is 2.00. The van der Waals surface area contributed by atoms with E-state index in [2.05, 4.69) is 15.1 Å². The summed E-state index contributed by atoms with van der Waals surface area (Å²) in [6, 6.07) is 0. The van der Waals surface area contributed by atoms with Gasteiger partial charge in [-0.1, -0.05) is 0 Å². The molecule has 1 amide bonds. The van der Waals surface area contributed by atoms with Crippen LogP contribution in [0.15, 0.2) is 23.7 Å². The smallest absolute Gasteiger partial charge is 0.305 e.